The summed E-state index contributed by atoms with van der Waals surface area (Å²) in [5, 5.41) is 0. The third-order valence-electron chi connectivity index (χ3n) is 2.58. The van der Waals surface area contributed by atoms with E-state index in [0.717, 1.165) is 30.6 Å². The van der Waals surface area contributed by atoms with Crippen molar-refractivity contribution in [3.63, 3.8) is 0 Å². The second-order valence-electron chi connectivity index (χ2n) is 3.26. The molecule has 0 aromatic heterocycles. The Hall–Kier alpha value is -1.05. The molecule has 0 saturated heterocycles. The molecule has 64 valence electrons. The van der Waals surface area contributed by atoms with E-state index in [-0.39, 0.29) is 0 Å². The molecule has 0 aliphatic heterocycles. The minimum absolute atomic E-state index is 0.291. The number of ether oxygens (including phenoxy) is 1. The molecule has 2 aliphatic rings. The molecule has 0 radical (unpaired) electrons. The zero-order chi connectivity index (χ0) is 8.55. The minimum Gasteiger partial charge on any atom is -0.501 e. The monoisotopic (exact) mass is 164 g/mol. The van der Waals surface area contributed by atoms with E-state index < -0.39 is 0 Å². The molecule has 0 unspecified atom stereocenters. The summed E-state index contributed by atoms with van der Waals surface area (Å²) >= 11 is 0. The molecule has 2 rings (SSSR count). The third-order valence-corrected chi connectivity index (χ3v) is 2.58. The molecule has 2 aliphatic carbocycles. The van der Waals surface area contributed by atoms with E-state index in [1.807, 2.05) is 6.08 Å². The molecule has 2 nitrogen and oxygen atoms in total. The number of Topliss-reactive ketones (excluding diaryl/α,β-unsaturated/α-hetero) is 1. The Morgan fingerprint density at radius 3 is 2.75 bits per heavy atom. The first-order valence-corrected chi connectivity index (χ1v) is 4.31. The Labute approximate surface area is 71.9 Å². The van der Waals surface area contributed by atoms with E-state index >= 15 is 0 Å². The van der Waals surface area contributed by atoms with Crippen LogP contribution in [0.25, 0.3) is 0 Å². The van der Waals surface area contributed by atoms with Crippen molar-refractivity contribution in [3.05, 3.63) is 23.0 Å². The summed E-state index contributed by atoms with van der Waals surface area (Å²) in [7, 11) is 1.66. The van der Waals surface area contributed by atoms with Gasteiger partial charge in [0.2, 0.25) is 0 Å². The summed E-state index contributed by atoms with van der Waals surface area (Å²) in [4.78, 5) is 11.3. The van der Waals surface area contributed by atoms with Gasteiger partial charge in [-0.15, -0.1) is 0 Å². The molecule has 0 heterocycles. The normalized spacial score (nSPS) is 22.4. The number of allylic oxidation sites excluding steroid dienone is 4. The van der Waals surface area contributed by atoms with Gasteiger partial charge in [0.05, 0.1) is 12.9 Å². The van der Waals surface area contributed by atoms with Crippen LogP contribution >= 0.6 is 0 Å². The van der Waals surface area contributed by atoms with Crippen LogP contribution in [0.5, 0.6) is 0 Å². The summed E-state index contributed by atoms with van der Waals surface area (Å²) in [6, 6.07) is 0. The molecule has 12 heavy (non-hydrogen) atoms. The quantitative estimate of drug-likeness (QED) is 0.592. The average molecular weight is 164 g/mol. The van der Waals surface area contributed by atoms with Crippen LogP contribution in [-0.2, 0) is 9.53 Å². The van der Waals surface area contributed by atoms with Crippen LogP contribution in [0.3, 0.4) is 0 Å². The highest BCUT2D eigenvalue weighted by atomic mass is 16.5. The number of ketones is 1. The van der Waals surface area contributed by atoms with E-state index in [9.17, 15) is 4.79 Å². The lowest BCUT2D eigenvalue weighted by Gasteiger charge is -2.12. The number of rotatable bonds is 1. The van der Waals surface area contributed by atoms with Crippen LogP contribution in [0.1, 0.15) is 25.7 Å². The summed E-state index contributed by atoms with van der Waals surface area (Å²) < 4.78 is 5.12. The maximum Gasteiger partial charge on any atom is 0.163 e. The highest BCUT2D eigenvalue weighted by Gasteiger charge is 2.24. The van der Waals surface area contributed by atoms with Crippen molar-refractivity contribution < 1.29 is 9.53 Å². The second-order valence-corrected chi connectivity index (χ2v) is 3.26. The van der Waals surface area contributed by atoms with Crippen LogP contribution in [0.4, 0.5) is 0 Å². The number of methoxy groups -OCH3 is 1. The molecule has 0 spiro atoms. The molecule has 2 heteroatoms. The molecular formula is C10H12O2. The highest BCUT2D eigenvalue weighted by Crippen LogP contribution is 2.33. The van der Waals surface area contributed by atoms with Crippen molar-refractivity contribution in [3.8, 4) is 0 Å². The fraction of sp³-hybridized carbons (Fsp3) is 0.500. The molecule has 0 saturated carbocycles. The lowest BCUT2D eigenvalue weighted by molar-refractivity contribution is -0.114. The van der Waals surface area contributed by atoms with Crippen LogP contribution in [0, 0.1) is 0 Å². The van der Waals surface area contributed by atoms with Crippen molar-refractivity contribution in [1.29, 1.82) is 0 Å². The number of carbonyl (C=O) groups is 1. The second kappa shape index (κ2) is 2.77. The van der Waals surface area contributed by atoms with Crippen molar-refractivity contribution in [2.75, 3.05) is 7.11 Å². The van der Waals surface area contributed by atoms with E-state index in [4.69, 9.17) is 4.74 Å². The lowest BCUT2D eigenvalue weighted by Crippen LogP contribution is -2.01. The van der Waals surface area contributed by atoms with E-state index in [0.29, 0.717) is 12.2 Å². The molecule has 0 fully saturated rings. The van der Waals surface area contributed by atoms with Gasteiger partial charge in [0, 0.05) is 18.4 Å². The molecule has 0 bridgehead atoms. The predicted octanol–water partition coefficient (Wildman–Crippen LogP) is 1.97. The molecule has 0 atom stereocenters. The van der Waals surface area contributed by atoms with Crippen molar-refractivity contribution >= 4 is 5.78 Å². The molecule has 0 aromatic carbocycles. The number of hydrogen-bond acceptors (Lipinski definition) is 2. The molecule has 0 aromatic rings. The fourth-order valence-electron chi connectivity index (χ4n) is 1.84. The third kappa shape index (κ3) is 1.07. The predicted molar refractivity (Wildman–Crippen MR) is 45.6 cm³/mol. The van der Waals surface area contributed by atoms with E-state index in [1.54, 1.807) is 7.11 Å². The first-order valence-electron chi connectivity index (χ1n) is 4.31. The lowest BCUT2D eigenvalue weighted by atomic mass is 9.99. The molecular weight excluding hydrogens is 152 g/mol. The first kappa shape index (κ1) is 7.59. The highest BCUT2D eigenvalue weighted by molar-refractivity contribution is 6.01. The van der Waals surface area contributed by atoms with Gasteiger partial charge in [-0.3, -0.25) is 4.79 Å². The summed E-state index contributed by atoms with van der Waals surface area (Å²) in [6.45, 7) is 0. The zero-order valence-electron chi connectivity index (χ0n) is 7.22. The molecule has 0 N–H and O–H groups in total. The van der Waals surface area contributed by atoms with Gasteiger partial charge in [-0.2, -0.15) is 0 Å². The first-order chi connectivity index (χ1) is 5.81. The standard InChI is InChI=1S/C10H12O2/c1-12-8-4-2-7-3-5-10(11)9(7)6-8/h6H,2-5H2,1H3. The van der Waals surface area contributed by atoms with Gasteiger partial charge in [-0.05, 0) is 18.9 Å². The van der Waals surface area contributed by atoms with E-state index in [2.05, 4.69) is 0 Å². The van der Waals surface area contributed by atoms with Gasteiger partial charge in [0.1, 0.15) is 0 Å². The maximum atomic E-state index is 11.3. The van der Waals surface area contributed by atoms with Crippen molar-refractivity contribution in [2.24, 2.45) is 0 Å². The van der Waals surface area contributed by atoms with Gasteiger partial charge in [0.15, 0.2) is 5.78 Å². The van der Waals surface area contributed by atoms with Gasteiger partial charge >= 0.3 is 0 Å². The Kier molecular flexibility index (Phi) is 1.75. The summed E-state index contributed by atoms with van der Waals surface area (Å²) in [5.41, 5.74) is 2.26. The topological polar surface area (TPSA) is 26.3 Å². The Morgan fingerprint density at radius 2 is 2.00 bits per heavy atom. The van der Waals surface area contributed by atoms with Crippen LogP contribution in [0.15, 0.2) is 23.0 Å². The van der Waals surface area contributed by atoms with Gasteiger partial charge in [-0.1, -0.05) is 5.57 Å². The SMILES string of the molecule is COC1=CC2=C(CCC2=O)CC1. The van der Waals surface area contributed by atoms with Crippen LogP contribution < -0.4 is 0 Å². The smallest absolute Gasteiger partial charge is 0.163 e. The molecule has 0 amide bonds. The summed E-state index contributed by atoms with van der Waals surface area (Å²) in [6.07, 6.45) is 5.57. The van der Waals surface area contributed by atoms with Gasteiger partial charge in [0.25, 0.3) is 0 Å². The Morgan fingerprint density at radius 1 is 1.25 bits per heavy atom. The zero-order valence-corrected chi connectivity index (χ0v) is 7.22. The minimum atomic E-state index is 0.291. The van der Waals surface area contributed by atoms with Gasteiger partial charge < -0.3 is 4.74 Å². The van der Waals surface area contributed by atoms with Crippen molar-refractivity contribution in [2.45, 2.75) is 25.7 Å². The number of hydrogen-bond donors (Lipinski definition) is 0. The van der Waals surface area contributed by atoms with Crippen LogP contribution in [0.2, 0.25) is 0 Å². The average Bonchev–Trinajstić information content (AvgIpc) is 2.47. The summed E-state index contributed by atoms with van der Waals surface area (Å²) in [5.74, 6) is 1.24. The van der Waals surface area contributed by atoms with Crippen LogP contribution in [-0.4, -0.2) is 12.9 Å². The largest absolute Gasteiger partial charge is 0.501 e. The maximum absolute atomic E-state index is 11.3. The Balaban J connectivity index is 2.31. The Bertz CT molecular complexity index is 284. The van der Waals surface area contributed by atoms with E-state index in [1.165, 1.54) is 5.57 Å². The number of carbonyl (C=O) groups excluding carboxylic acids is 1. The fourth-order valence-corrected chi connectivity index (χ4v) is 1.84. The van der Waals surface area contributed by atoms with Crippen molar-refractivity contribution in [1.82, 2.24) is 0 Å². The van der Waals surface area contributed by atoms with Gasteiger partial charge in [-0.25, -0.2) is 0 Å².